The van der Waals surface area contributed by atoms with Crippen LogP contribution in [0.3, 0.4) is 0 Å². The number of hydrogen-bond donors (Lipinski definition) is 0. The van der Waals surface area contributed by atoms with Crippen molar-refractivity contribution in [3.05, 3.63) is 17.5 Å². The Hall–Kier alpha value is -0.880. The fourth-order valence-corrected chi connectivity index (χ4v) is 2.91. The molecule has 0 aliphatic rings. The van der Waals surface area contributed by atoms with Crippen molar-refractivity contribution in [3.8, 4) is 0 Å². The van der Waals surface area contributed by atoms with Crippen molar-refractivity contribution in [1.82, 2.24) is 0 Å². The molecule has 1 heterocycles. The van der Waals surface area contributed by atoms with Crippen LogP contribution in [0.4, 0.5) is 4.79 Å². The van der Waals surface area contributed by atoms with Crippen LogP contribution in [0.2, 0.25) is 0 Å². The molecule has 0 spiro atoms. The Morgan fingerprint density at radius 1 is 1.40 bits per heavy atom. The van der Waals surface area contributed by atoms with E-state index in [-0.39, 0.29) is 4.21 Å². The smallest absolute Gasteiger partial charge is 0.430 e. The van der Waals surface area contributed by atoms with Crippen molar-refractivity contribution in [1.29, 1.82) is 0 Å². The van der Waals surface area contributed by atoms with Gasteiger partial charge in [0, 0.05) is 0 Å². The van der Waals surface area contributed by atoms with Gasteiger partial charge >= 0.3 is 5.30 Å². The van der Waals surface area contributed by atoms with Crippen molar-refractivity contribution in [2.45, 2.75) is 30.6 Å². The highest BCUT2D eigenvalue weighted by atomic mass is 32.2. The van der Waals surface area contributed by atoms with Crippen molar-refractivity contribution in [2.75, 3.05) is 0 Å². The molecule has 0 fully saturated rings. The van der Waals surface area contributed by atoms with Gasteiger partial charge < -0.3 is 4.74 Å². The molecule has 1 aromatic heterocycles. The summed E-state index contributed by atoms with van der Waals surface area (Å²) in [7, 11) is -3.97. The van der Waals surface area contributed by atoms with Gasteiger partial charge in [0.05, 0.1) is 0 Å². The predicted molar refractivity (Wildman–Crippen MR) is 57.7 cm³/mol. The number of rotatable bonds is 1. The molecule has 0 bridgehead atoms. The van der Waals surface area contributed by atoms with Crippen LogP contribution in [-0.2, 0) is 14.6 Å². The summed E-state index contributed by atoms with van der Waals surface area (Å²) in [5, 5.41) is 0.398. The topological polar surface area (TPSA) is 60.4 Å². The fourth-order valence-electron chi connectivity index (χ4n) is 0.803. The van der Waals surface area contributed by atoms with E-state index in [0.29, 0.717) is 0 Å². The van der Waals surface area contributed by atoms with Gasteiger partial charge in [0.2, 0.25) is 0 Å². The van der Waals surface area contributed by atoms with E-state index in [1.807, 2.05) is 0 Å². The summed E-state index contributed by atoms with van der Waals surface area (Å²) in [4.78, 5) is 11.4. The number of thiophene rings is 1. The summed E-state index contributed by atoms with van der Waals surface area (Å²) in [5.41, 5.74) is -0.804. The van der Waals surface area contributed by atoms with Crippen LogP contribution < -0.4 is 0 Å². The molecule has 0 atom stereocenters. The average Bonchev–Trinajstić information content (AvgIpc) is 2.52. The lowest BCUT2D eigenvalue weighted by Crippen LogP contribution is -2.27. The largest absolute Gasteiger partial charge is 0.448 e. The van der Waals surface area contributed by atoms with Crippen molar-refractivity contribution in [2.24, 2.45) is 0 Å². The predicted octanol–water partition coefficient (Wildman–Crippen LogP) is 2.46. The number of hydrogen-bond acceptors (Lipinski definition) is 5. The molecular weight excluding hydrogens is 236 g/mol. The Morgan fingerprint density at radius 2 is 2.00 bits per heavy atom. The van der Waals surface area contributed by atoms with E-state index in [9.17, 15) is 13.2 Å². The Balaban J connectivity index is 2.95. The van der Waals surface area contributed by atoms with Crippen molar-refractivity contribution in [3.63, 3.8) is 0 Å². The third-order valence-corrected chi connectivity index (χ3v) is 4.17. The van der Waals surface area contributed by atoms with Crippen molar-refractivity contribution >= 4 is 26.5 Å². The normalized spacial score (nSPS) is 12.5. The molecule has 0 saturated carbocycles. The Morgan fingerprint density at radius 3 is 2.40 bits per heavy atom. The molecule has 1 aromatic rings. The Bertz CT molecular complexity index is 437. The summed E-state index contributed by atoms with van der Waals surface area (Å²) in [6, 6.07) is 2.95. The van der Waals surface area contributed by atoms with Gasteiger partial charge in [0.25, 0.3) is 9.84 Å². The summed E-state index contributed by atoms with van der Waals surface area (Å²) < 4.78 is 28.0. The average molecular weight is 248 g/mol. The van der Waals surface area contributed by atoms with E-state index < -0.39 is 20.7 Å². The van der Waals surface area contributed by atoms with E-state index in [2.05, 4.69) is 0 Å². The van der Waals surface area contributed by atoms with Crippen LogP contribution in [0.5, 0.6) is 0 Å². The quantitative estimate of drug-likeness (QED) is 0.716. The zero-order valence-corrected chi connectivity index (χ0v) is 10.3. The van der Waals surface area contributed by atoms with Gasteiger partial charge in [-0.1, -0.05) is 6.07 Å². The maximum atomic E-state index is 11.6. The lowest BCUT2D eigenvalue weighted by atomic mass is 10.2. The molecular formula is C9H12O4S2. The summed E-state index contributed by atoms with van der Waals surface area (Å²) >= 11 is 0.995. The Labute approximate surface area is 92.8 Å². The Kier molecular flexibility index (Phi) is 3.20. The maximum absolute atomic E-state index is 11.6. The van der Waals surface area contributed by atoms with Gasteiger partial charge in [0.15, 0.2) is 0 Å². The highest BCUT2D eigenvalue weighted by Crippen LogP contribution is 2.21. The first-order valence-electron chi connectivity index (χ1n) is 4.25. The summed E-state index contributed by atoms with van der Waals surface area (Å²) in [6.07, 6.45) is 0. The number of carbonyl (C=O) groups is 1. The molecule has 0 aliphatic carbocycles. The van der Waals surface area contributed by atoms with Gasteiger partial charge in [-0.2, -0.15) is 0 Å². The second-order valence-corrected chi connectivity index (χ2v) is 6.89. The molecule has 0 unspecified atom stereocenters. The molecule has 84 valence electrons. The van der Waals surface area contributed by atoms with E-state index >= 15 is 0 Å². The lowest BCUT2D eigenvalue weighted by molar-refractivity contribution is 0.0719. The molecule has 4 nitrogen and oxygen atoms in total. The SMILES string of the molecule is CC(C)(C)OC(=O)S(=O)(=O)c1cccs1. The third kappa shape index (κ3) is 3.04. The first-order valence-corrected chi connectivity index (χ1v) is 6.61. The standard InChI is InChI=1S/C9H12O4S2/c1-9(2,3)13-8(10)15(11,12)7-5-4-6-14-7/h4-6H,1-3H3. The van der Waals surface area contributed by atoms with E-state index in [4.69, 9.17) is 4.74 Å². The first-order chi connectivity index (χ1) is 6.73. The molecule has 0 aliphatic heterocycles. The van der Waals surface area contributed by atoms with E-state index in [0.717, 1.165) is 11.3 Å². The molecule has 1 rings (SSSR count). The number of sulfone groups is 1. The number of carbonyl (C=O) groups excluding carboxylic acids is 1. The van der Waals surface area contributed by atoms with Crippen LogP contribution in [0.25, 0.3) is 0 Å². The van der Waals surface area contributed by atoms with Crippen LogP contribution in [0.1, 0.15) is 20.8 Å². The van der Waals surface area contributed by atoms with Gasteiger partial charge in [-0.05, 0) is 32.2 Å². The molecule has 0 saturated heterocycles. The first kappa shape index (κ1) is 12.2. The minimum absolute atomic E-state index is 0.0109. The molecule has 15 heavy (non-hydrogen) atoms. The van der Waals surface area contributed by atoms with E-state index in [1.54, 1.807) is 32.2 Å². The minimum atomic E-state index is -3.97. The summed E-state index contributed by atoms with van der Waals surface area (Å²) in [6.45, 7) is 4.86. The van der Waals surface area contributed by atoms with Gasteiger partial charge in [0.1, 0.15) is 9.81 Å². The third-order valence-electron chi connectivity index (χ3n) is 1.37. The number of ether oxygens (including phenoxy) is 1. The molecule has 6 heteroatoms. The fraction of sp³-hybridized carbons (Fsp3) is 0.444. The van der Waals surface area contributed by atoms with Gasteiger partial charge in [-0.15, -0.1) is 11.3 Å². The van der Waals surface area contributed by atoms with E-state index in [1.165, 1.54) is 6.07 Å². The second kappa shape index (κ2) is 3.94. The molecule has 0 N–H and O–H groups in total. The second-order valence-electron chi connectivity index (χ2n) is 3.90. The van der Waals surface area contributed by atoms with Gasteiger partial charge in [-0.3, -0.25) is 0 Å². The zero-order valence-electron chi connectivity index (χ0n) is 8.68. The maximum Gasteiger partial charge on any atom is 0.430 e. The lowest BCUT2D eigenvalue weighted by Gasteiger charge is -2.18. The molecule has 0 aromatic carbocycles. The molecule has 0 amide bonds. The summed E-state index contributed by atoms with van der Waals surface area (Å²) in [5.74, 6) is 0. The van der Waals surface area contributed by atoms with Crippen LogP contribution in [0, 0.1) is 0 Å². The molecule has 0 radical (unpaired) electrons. The van der Waals surface area contributed by atoms with Crippen LogP contribution in [0.15, 0.2) is 21.7 Å². The highest BCUT2D eigenvalue weighted by Gasteiger charge is 2.31. The monoisotopic (exact) mass is 248 g/mol. The van der Waals surface area contributed by atoms with Crippen LogP contribution in [-0.4, -0.2) is 19.3 Å². The van der Waals surface area contributed by atoms with Crippen molar-refractivity contribution < 1.29 is 17.9 Å². The minimum Gasteiger partial charge on any atom is -0.448 e. The van der Waals surface area contributed by atoms with Crippen LogP contribution >= 0.6 is 11.3 Å². The highest BCUT2D eigenvalue weighted by molar-refractivity contribution is 8.07. The zero-order chi connectivity index (χ0) is 11.7. The van der Waals surface area contributed by atoms with Gasteiger partial charge in [-0.25, -0.2) is 13.2 Å².